The van der Waals surface area contributed by atoms with Crippen molar-refractivity contribution in [1.82, 2.24) is 19.4 Å². The van der Waals surface area contributed by atoms with E-state index < -0.39 is 0 Å². The van der Waals surface area contributed by atoms with E-state index in [1.165, 1.54) is 0 Å². The summed E-state index contributed by atoms with van der Waals surface area (Å²) in [7, 11) is 0. The van der Waals surface area contributed by atoms with Gasteiger partial charge in [-0.15, -0.1) is 0 Å². The number of hydrogen-bond acceptors (Lipinski definition) is 4. The van der Waals surface area contributed by atoms with Crippen molar-refractivity contribution in [3.05, 3.63) is 24.0 Å². The van der Waals surface area contributed by atoms with Crippen molar-refractivity contribution < 1.29 is 9.59 Å². The molecular weight excluding hydrogens is 354 g/mol. The van der Waals surface area contributed by atoms with Crippen LogP contribution in [0, 0.1) is 0 Å². The Morgan fingerprint density at radius 3 is 2.54 bits per heavy atom. The number of imidazole rings is 1. The lowest BCUT2D eigenvalue weighted by atomic mass is 10.2. The van der Waals surface area contributed by atoms with E-state index in [1.54, 1.807) is 6.92 Å². The average molecular weight is 386 g/mol. The second-order valence-electron chi connectivity index (χ2n) is 7.41. The monoisotopic (exact) mass is 385 g/mol. The Labute approximate surface area is 166 Å². The molecule has 0 unspecified atom stereocenters. The topological polar surface area (TPSA) is 70.5 Å². The number of carbonyl (C=O) groups excluding carboxylic acids is 2. The first kappa shape index (κ1) is 20.3. The molecule has 1 aliphatic rings. The summed E-state index contributed by atoms with van der Waals surface area (Å²) in [5.41, 5.74) is 2.80. The molecular formula is C21H31N5O2. The minimum Gasteiger partial charge on any atom is -0.340 e. The average Bonchev–Trinajstić information content (AvgIpc) is 3.02. The number of amides is 2. The molecule has 0 saturated carbocycles. The van der Waals surface area contributed by atoms with Gasteiger partial charge in [0.25, 0.3) is 0 Å². The molecule has 0 spiro atoms. The molecule has 0 bridgehead atoms. The molecule has 1 aliphatic heterocycles. The van der Waals surface area contributed by atoms with Crippen molar-refractivity contribution in [2.24, 2.45) is 0 Å². The molecule has 28 heavy (non-hydrogen) atoms. The Morgan fingerprint density at radius 2 is 1.89 bits per heavy atom. The van der Waals surface area contributed by atoms with Gasteiger partial charge in [-0.3, -0.25) is 14.5 Å². The molecule has 2 amide bonds. The molecule has 1 aromatic heterocycles. The Kier molecular flexibility index (Phi) is 6.67. The smallest absolute Gasteiger partial charge is 0.224 e. The van der Waals surface area contributed by atoms with Gasteiger partial charge in [-0.2, -0.15) is 0 Å². The minimum absolute atomic E-state index is 0.0553. The molecule has 0 radical (unpaired) electrons. The van der Waals surface area contributed by atoms with Crippen LogP contribution in [0.4, 0.5) is 5.69 Å². The molecule has 1 N–H and O–H groups in total. The summed E-state index contributed by atoms with van der Waals surface area (Å²) in [5.74, 6) is 1.23. The SMILES string of the molecule is CCCCC(=O)Nc1ccc2c(c1)nc(CN1CCN(C(C)=O)CC1)n2CC. The van der Waals surface area contributed by atoms with Crippen LogP contribution in [0.1, 0.15) is 45.9 Å². The Balaban J connectivity index is 1.72. The molecule has 2 aromatic rings. The van der Waals surface area contributed by atoms with E-state index in [1.807, 2.05) is 23.1 Å². The Hall–Kier alpha value is -2.41. The van der Waals surface area contributed by atoms with Gasteiger partial charge in [-0.25, -0.2) is 4.98 Å². The largest absolute Gasteiger partial charge is 0.340 e. The molecule has 152 valence electrons. The lowest BCUT2D eigenvalue weighted by Gasteiger charge is -2.33. The third-order valence-electron chi connectivity index (χ3n) is 5.37. The third kappa shape index (κ3) is 4.70. The number of unbranched alkanes of at least 4 members (excludes halogenated alkanes) is 1. The standard InChI is InChI=1S/C21H31N5O2/c1-4-6-7-21(28)22-17-8-9-19-18(14-17)23-20(26(19)5-2)15-24-10-12-25(13-11-24)16(3)27/h8-9,14H,4-7,10-13,15H2,1-3H3,(H,22,28). The van der Waals surface area contributed by atoms with Crippen LogP contribution in [0.15, 0.2) is 18.2 Å². The maximum absolute atomic E-state index is 12.0. The molecule has 2 heterocycles. The highest BCUT2D eigenvalue weighted by atomic mass is 16.2. The molecule has 1 fully saturated rings. The quantitative estimate of drug-likeness (QED) is 0.796. The zero-order valence-corrected chi connectivity index (χ0v) is 17.2. The van der Waals surface area contributed by atoms with Gasteiger partial charge >= 0.3 is 0 Å². The first-order valence-electron chi connectivity index (χ1n) is 10.3. The Bertz CT molecular complexity index is 837. The summed E-state index contributed by atoms with van der Waals surface area (Å²) in [6.07, 6.45) is 2.46. The van der Waals surface area contributed by atoms with Crippen LogP contribution in [-0.4, -0.2) is 57.3 Å². The number of piperazine rings is 1. The van der Waals surface area contributed by atoms with Gasteiger partial charge in [0.1, 0.15) is 5.82 Å². The van der Waals surface area contributed by atoms with E-state index in [-0.39, 0.29) is 11.8 Å². The summed E-state index contributed by atoms with van der Waals surface area (Å²) in [5, 5.41) is 2.98. The van der Waals surface area contributed by atoms with Gasteiger partial charge in [0.05, 0.1) is 17.6 Å². The van der Waals surface area contributed by atoms with E-state index in [2.05, 4.69) is 28.6 Å². The van der Waals surface area contributed by atoms with Gasteiger partial charge in [-0.1, -0.05) is 13.3 Å². The lowest BCUT2D eigenvalue weighted by molar-refractivity contribution is -0.130. The fourth-order valence-electron chi connectivity index (χ4n) is 3.71. The zero-order chi connectivity index (χ0) is 20.1. The number of hydrogen-bond donors (Lipinski definition) is 1. The maximum atomic E-state index is 12.0. The lowest BCUT2D eigenvalue weighted by Crippen LogP contribution is -2.47. The van der Waals surface area contributed by atoms with E-state index in [0.717, 1.165) is 74.7 Å². The number of fused-ring (bicyclic) bond motifs is 1. The number of nitrogens with zero attached hydrogens (tertiary/aromatic N) is 4. The number of aromatic nitrogens is 2. The molecule has 1 saturated heterocycles. The van der Waals surface area contributed by atoms with Crippen molar-refractivity contribution in [2.75, 3.05) is 31.5 Å². The van der Waals surface area contributed by atoms with Crippen molar-refractivity contribution in [2.45, 2.75) is 53.1 Å². The summed E-state index contributed by atoms with van der Waals surface area (Å²) < 4.78 is 2.23. The highest BCUT2D eigenvalue weighted by Gasteiger charge is 2.21. The van der Waals surface area contributed by atoms with Crippen molar-refractivity contribution in [3.63, 3.8) is 0 Å². The van der Waals surface area contributed by atoms with Gasteiger partial charge in [0, 0.05) is 51.8 Å². The number of aryl methyl sites for hydroxylation is 1. The number of nitrogens with one attached hydrogen (secondary N) is 1. The highest BCUT2D eigenvalue weighted by Crippen LogP contribution is 2.22. The van der Waals surface area contributed by atoms with Crippen LogP contribution in [0.5, 0.6) is 0 Å². The van der Waals surface area contributed by atoms with E-state index in [4.69, 9.17) is 4.98 Å². The highest BCUT2D eigenvalue weighted by molar-refractivity contribution is 5.93. The summed E-state index contributed by atoms with van der Waals surface area (Å²) in [6.45, 7) is 10.7. The summed E-state index contributed by atoms with van der Waals surface area (Å²) in [6, 6.07) is 5.95. The van der Waals surface area contributed by atoms with Crippen LogP contribution in [0.3, 0.4) is 0 Å². The van der Waals surface area contributed by atoms with Gasteiger partial charge < -0.3 is 14.8 Å². The predicted molar refractivity (Wildman–Crippen MR) is 111 cm³/mol. The van der Waals surface area contributed by atoms with Gasteiger partial charge in [0.15, 0.2) is 0 Å². The first-order chi connectivity index (χ1) is 13.5. The molecule has 7 nitrogen and oxygen atoms in total. The second-order valence-corrected chi connectivity index (χ2v) is 7.41. The van der Waals surface area contributed by atoms with E-state index in [9.17, 15) is 9.59 Å². The van der Waals surface area contributed by atoms with Crippen LogP contribution < -0.4 is 5.32 Å². The molecule has 7 heteroatoms. The number of carbonyl (C=O) groups is 2. The predicted octanol–water partition coefficient (Wildman–Crippen LogP) is 2.85. The van der Waals surface area contributed by atoms with Crippen LogP contribution in [0.25, 0.3) is 11.0 Å². The van der Waals surface area contributed by atoms with Gasteiger partial charge in [0.2, 0.25) is 11.8 Å². The van der Waals surface area contributed by atoms with E-state index >= 15 is 0 Å². The minimum atomic E-state index is 0.0553. The number of benzene rings is 1. The fraction of sp³-hybridized carbons (Fsp3) is 0.571. The van der Waals surface area contributed by atoms with Crippen molar-refractivity contribution in [1.29, 1.82) is 0 Å². The van der Waals surface area contributed by atoms with Crippen LogP contribution in [-0.2, 0) is 22.7 Å². The molecule has 0 atom stereocenters. The summed E-state index contributed by atoms with van der Waals surface area (Å²) in [4.78, 5) is 32.6. The molecule has 3 rings (SSSR count). The summed E-state index contributed by atoms with van der Waals surface area (Å²) >= 11 is 0. The second kappa shape index (κ2) is 9.19. The Morgan fingerprint density at radius 1 is 1.14 bits per heavy atom. The number of anilines is 1. The van der Waals surface area contributed by atoms with Crippen molar-refractivity contribution >= 4 is 28.5 Å². The third-order valence-corrected chi connectivity index (χ3v) is 5.37. The van der Waals surface area contributed by atoms with Crippen molar-refractivity contribution in [3.8, 4) is 0 Å². The zero-order valence-electron chi connectivity index (χ0n) is 17.2. The van der Waals surface area contributed by atoms with Crippen LogP contribution >= 0.6 is 0 Å². The fourth-order valence-corrected chi connectivity index (χ4v) is 3.71. The number of rotatable bonds is 7. The maximum Gasteiger partial charge on any atom is 0.224 e. The normalized spacial score (nSPS) is 15.2. The van der Waals surface area contributed by atoms with E-state index in [0.29, 0.717) is 6.42 Å². The van der Waals surface area contributed by atoms with Crippen LogP contribution in [0.2, 0.25) is 0 Å². The molecule has 0 aliphatic carbocycles. The molecule has 1 aromatic carbocycles. The van der Waals surface area contributed by atoms with Gasteiger partial charge in [-0.05, 0) is 31.5 Å². The first-order valence-corrected chi connectivity index (χ1v) is 10.3.